The summed E-state index contributed by atoms with van der Waals surface area (Å²) in [7, 11) is 1.57. The van der Waals surface area contributed by atoms with Crippen molar-refractivity contribution in [1.82, 2.24) is 0 Å². The standard InChI is InChI=1S/C17H20N2O3/c1-21-16-11-13(9-10-18)7-8-15(16)22-12-17(20)19-14-5-3-2-4-6-14/h2-8,11H,9-10,12,18H2,1H3,(H,19,20). The lowest BCUT2D eigenvalue weighted by Crippen LogP contribution is -2.20. The number of rotatable bonds is 7. The molecule has 0 fully saturated rings. The zero-order chi connectivity index (χ0) is 15.8. The van der Waals surface area contributed by atoms with Crippen LogP contribution in [0.1, 0.15) is 5.56 Å². The van der Waals surface area contributed by atoms with Crippen LogP contribution in [0.5, 0.6) is 11.5 Å². The number of benzene rings is 2. The van der Waals surface area contributed by atoms with Gasteiger partial charge in [-0.05, 0) is 42.8 Å². The molecule has 0 radical (unpaired) electrons. The van der Waals surface area contributed by atoms with E-state index in [1.165, 1.54) is 0 Å². The molecular formula is C17H20N2O3. The Morgan fingerprint density at radius 2 is 1.91 bits per heavy atom. The van der Waals surface area contributed by atoms with E-state index in [1.54, 1.807) is 13.2 Å². The number of nitrogens with two attached hydrogens (primary N) is 1. The summed E-state index contributed by atoms with van der Waals surface area (Å²) in [6.45, 7) is 0.490. The fraction of sp³-hybridized carbons (Fsp3) is 0.235. The molecule has 0 saturated carbocycles. The number of anilines is 1. The Morgan fingerprint density at radius 1 is 1.14 bits per heavy atom. The number of para-hydroxylation sites is 1. The summed E-state index contributed by atoms with van der Waals surface area (Å²) in [5, 5.41) is 2.76. The van der Waals surface area contributed by atoms with E-state index in [4.69, 9.17) is 15.2 Å². The van der Waals surface area contributed by atoms with E-state index in [2.05, 4.69) is 5.32 Å². The highest BCUT2D eigenvalue weighted by molar-refractivity contribution is 5.91. The number of ether oxygens (including phenoxy) is 2. The average molecular weight is 300 g/mol. The van der Waals surface area contributed by atoms with Gasteiger partial charge in [-0.2, -0.15) is 0 Å². The molecule has 0 spiro atoms. The summed E-state index contributed by atoms with van der Waals surface area (Å²) in [6.07, 6.45) is 0.769. The molecule has 22 heavy (non-hydrogen) atoms. The Balaban J connectivity index is 1.94. The molecule has 1 amide bonds. The first kappa shape index (κ1) is 15.9. The first-order valence-corrected chi connectivity index (χ1v) is 7.07. The zero-order valence-corrected chi connectivity index (χ0v) is 12.5. The van der Waals surface area contributed by atoms with Crippen molar-refractivity contribution in [2.45, 2.75) is 6.42 Å². The van der Waals surface area contributed by atoms with E-state index in [-0.39, 0.29) is 12.5 Å². The van der Waals surface area contributed by atoms with Gasteiger partial charge < -0.3 is 20.5 Å². The highest BCUT2D eigenvalue weighted by Gasteiger charge is 2.08. The van der Waals surface area contributed by atoms with Crippen LogP contribution < -0.4 is 20.5 Å². The molecule has 0 aromatic heterocycles. The molecule has 0 aliphatic heterocycles. The minimum absolute atomic E-state index is 0.0819. The van der Waals surface area contributed by atoms with Crippen LogP contribution >= 0.6 is 0 Å². The van der Waals surface area contributed by atoms with Gasteiger partial charge in [-0.1, -0.05) is 24.3 Å². The number of methoxy groups -OCH3 is 1. The average Bonchev–Trinajstić information content (AvgIpc) is 2.54. The first-order valence-electron chi connectivity index (χ1n) is 7.07. The van der Waals surface area contributed by atoms with Crippen LogP contribution in [-0.4, -0.2) is 26.2 Å². The third kappa shape index (κ3) is 4.49. The van der Waals surface area contributed by atoms with Crippen LogP contribution in [-0.2, 0) is 11.2 Å². The van der Waals surface area contributed by atoms with E-state index >= 15 is 0 Å². The predicted octanol–water partition coefficient (Wildman–Crippen LogP) is 2.21. The smallest absolute Gasteiger partial charge is 0.262 e. The van der Waals surface area contributed by atoms with Crippen molar-refractivity contribution < 1.29 is 14.3 Å². The maximum absolute atomic E-state index is 11.9. The Morgan fingerprint density at radius 3 is 2.59 bits per heavy atom. The number of carbonyl (C=O) groups is 1. The van der Waals surface area contributed by atoms with Gasteiger partial charge in [-0.25, -0.2) is 0 Å². The third-order valence-electron chi connectivity index (χ3n) is 3.08. The van der Waals surface area contributed by atoms with Crippen LogP contribution in [0.2, 0.25) is 0 Å². The number of amides is 1. The largest absolute Gasteiger partial charge is 0.493 e. The van der Waals surface area contributed by atoms with Gasteiger partial charge in [-0.15, -0.1) is 0 Å². The fourth-order valence-electron chi connectivity index (χ4n) is 2.02. The predicted molar refractivity (Wildman–Crippen MR) is 86.3 cm³/mol. The lowest BCUT2D eigenvalue weighted by atomic mass is 10.1. The van der Waals surface area contributed by atoms with Crippen molar-refractivity contribution in [3.63, 3.8) is 0 Å². The quantitative estimate of drug-likeness (QED) is 0.822. The van der Waals surface area contributed by atoms with Crippen LogP contribution in [0.15, 0.2) is 48.5 Å². The molecule has 2 aromatic carbocycles. The van der Waals surface area contributed by atoms with E-state index in [9.17, 15) is 4.79 Å². The van der Waals surface area contributed by atoms with Gasteiger partial charge in [0.1, 0.15) is 0 Å². The van der Waals surface area contributed by atoms with E-state index in [1.807, 2.05) is 42.5 Å². The SMILES string of the molecule is COc1cc(CCN)ccc1OCC(=O)Nc1ccccc1. The van der Waals surface area contributed by atoms with Gasteiger partial charge in [0, 0.05) is 5.69 Å². The van der Waals surface area contributed by atoms with Crippen molar-refractivity contribution >= 4 is 11.6 Å². The van der Waals surface area contributed by atoms with Gasteiger partial charge in [-0.3, -0.25) is 4.79 Å². The summed E-state index contributed by atoms with van der Waals surface area (Å²) in [4.78, 5) is 11.9. The van der Waals surface area contributed by atoms with Crippen LogP contribution in [0.3, 0.4) is 0 Å². The second-order valence-corrected chi connectivity index (χ2v) is 4.73. The molecule has 0 saturated heterocycles. The molecule has 0 unspecified atom stereocenters. The molecule has 0 heterocycles. The van der Waals surface area contributed by atoms with Crippen molar-refractivity contribution in [2.24, 2.45) is 5.73 Å². The number of nitrogens with one attached hydrogen (secondary N) is 1. The Hall–Kier alpha value is -2.53. The lowest BCUT2D eigenvalue weighted by molar-refractivity contribution is -0.118. The normalized spacial score (nSPS) is 10.1. The molecular weight excluding hydrogens is 280 g/mol. The maximum atomic E-state index is 11.9. The zero-order valence-electron chi connectivity index (χ0n) is 12.5. The highest BCUT2D eigenvalue weighted by atomic mass is 16.5. The van der Waals surface area contributed by atoms with Gasteiger partial charge in [0.25, 0.3) is 5.91 Å². The molecule has 0 aliphatic rings. The number of hydrogen-bond acceptors (Lipinski definition) is 4. The summed E-state index contributed by atoms with van der Waals surface area (Å²) in [6, 6.07) is 14.8. The summed E-state index contributed by atoms with van der Waals surface area (Å²) in [5.74, 6) is 0.907. The maximum Gasteiger partial charge on any atom is 0.262 e. The Labute approximate surface area is 130 Å². The molecule has 116 valence electrons. The number of hydrogen-bond donors (Lipinski definition) is 2. The molecule has 5 heteroatoms. The van der Waals surface area contributed by atoms with Gasteiger partial charge >= 0.3 is 0 Å². The van der Waals surface area contributed by atoms with E-state index in [0.717, 1.165) is 17.7 Å². The van der Waals surface area contributed by atoms with Gasteiger partial charge in [0.15, 0.2) is 18.1 Å². The Kier molecular flexibility index (Phi) is 5.80. The van der Waals surface area contributed by atoms with Crippen molar-refractivity contribution in [1.29, 1.82) is 0 Å². The minimum atomic E-state index is -0.223. The molecule has 0 bridgehead atoms. The van der Waals surface area contributed by atoms with Crippen LogP contribution in [0.4, 0.5) is 5.69 Å². The van der Waals surface area contributed by atoms with Crippen molar-refractivity contribution in [3.05, 3.63) is 54.1 Å². The van der Waals surface area contributed by atoms with E-state index < -0.39 is 0 Å². The summed E-state index contributed by atoms with van der Waals surface area (Å²) >= 11 is 0. The summed E-state index contributed by atoms with van der Waals surface area (Å²) < 4.78 is 10.8. The summed E-state index contributed by atoms with van der Waals surface area (Å²) in [5.41, 5.74) is 7.34. The molecule has 2 aromatic rings. The second kappa shape index (κ2) is 8.05. The third-order valence-corrected chi connectivity index (χ3v) is 3.08. The van der Waals surface area contributed by atoms with Crippen molar-refractivity contribution in [3.8, 4) is 11.5 Å². The minimum Gasteiger partial charge on any atom is -0.493 e. The van der Waals surface area contributed by atoms with Crippen LogP contribution in [0.25, 0.3) is 0 Å². The molecule has 3 N–H and O–H groups in total. The van der Waals surface area contributed by atoms with Crippen LogP contribution in [0, 0.1) is 0 Å². The lowest BCUT2D eigenvalue weighted by Gasteiger charge is -2.12. The van der Waals surface area contributed by atoms with Crippen molar-refractivity contribution in [2.75, 3.05) is 25.6 Å². The van der Waals surface area contributed by atoms with E-state index in [0.29, 0.717) is 18.0 Å². The Bertz CT molecular complexity index is 615. The molecule has 2 rings (SSSR count). The molecule has 0 aliphatic carbocycles. The topological polar surface area (TPSA) is 73.6 Å². The second-order valence-electron chi connectivity index (χ2n) is 4.73. The van der Waals surface area contributed by atoms with Gasteiger partial charge in [0.05, 0.1) is 7.11 Å². The highest BCUT2D eigenvalue weighted by Crippen LogP contribution is 2.28. The van der Waals surface area contributed by atoms with Gasteiger partial charge in [0.2, 0.25) is 0 Å². The fourth-order valence-corrected chi connectivity index (χ4v) is 2.02. The first-order chi connectivity index (χ1) is 10.7. The molecule has 0 atom stereocenters. The molecule has 5 nitrogen and oxygen atoms in total. The monoisotopic (exact) mass is 300 g/mol. The number of carbonyl (C=O) groups excluding carboxylic acids is 1.